The van der Waals surface area contributed by atoms with E-state index in [4.69, 9.17) is 16.3 Å². The number of carbonyl (C=O) groups excluding carboxylic acids is 1. The molecule has 0 saturated heterocycles. The largest absolute Gasteiger partial charge is 0.469 e. The van der Waals surface area contributed by atoms with E-state index in [1.54, 1.807) is 6.07 Å². The molecule has 0 saturated carbocycles. The highest BCUT2D eigenvalue weighted by molar-refractivity contribution is 9.10. The summed E-state index contributed by atoms with van der Waals surface area (Å²) in [6.45, 7) is 3.75. The Kier molecular flexibility index (Phi) is 5.28. The number of hydrogen-bond donors (Lipinski definition) is 1. The van der Waals surface area contributed by atoms with Crippen LogP contribution in [0.1, 0.15) is 13.8 Å². The number of hydrogen-bond acceptors (Lipinski definition) is 3. The quantitative estimate of drug-likeness (QED) is 0.859. The van der Waals surface area contributed by atoms with Gasteiger partial charge in [-0.1, -0.05) is 11.6 Å². The number of methoxy groups -OCH3 is 1. The molecular weight excluding hydrogens is 305 g/mol. The van der Waals surface area contributed by atoms with Crippen LogP contribution in [0.15, 0.2) is 22.7 Å². The van der Waals surface area contributed by atoms with Gasteiger partial charge in [-0.2, -0.15) is 0 Å². The summed E-state index contributed by atoms with van der Waals surface area (Å²) in [4.78, 5) is 11.4. The molecule has 0 aliphatic rings. The monoisotopic (exact) mass is 319 g/mol. The Morgan fingerprint density at radius 1 is 1.47 bits per heavy atom. The van der Waals surface area contributed by atoms with Gasteiger partial charge >= 0.3 is 5.97 Å². The molecule has 0 heterocycles. The Labute approximate surface area is 115 Å². The van der Waals surface area contributed by atoms with Crippen LogP contribution in [0.2, 0.25) is 5.02 Å². The minimum atomic E-state index is -0.233. The van der Waals surface area contributed by atoms with Gasteiger partial charge in [-0.3, -0.25) is 4.79 Å². The Bertz CT molecular complexity index is 411. The second-order valence-electron chi connectivity index (χ2n) is 3.87. The predicted molar refractivity (Wildman–Crippen MR) is 73.4 cm³/mol. The fraction of sp³-hybridized carbons (Fsp3) is 0.417. The first kappa shape index (κ1) is 14.3. The minimum Gasteiger partial charge on any atom is -0.469 e. The number of esters is 1. The van der Waals surface area contributed by atoms with E-state index < -0.39 is 0 Å². The standard InChI is InChI=1S/C12H15BrClNO2/c1-7(12(16)17-3)8(2)15-11-6-9(14)4-5-10(11)13/h4-8,15H,1-3H3. The molecule has 1 N–H and O–H groups in total. The number of rotatable bonds is 4. The number of halogens is 2. The normalized spacial score (nSPS) is 13.9. The molecule has 94 valence electrons. The lowest BCUT2D eigenvalue weighted by Gasteiger charge is -2.21. The number of ether oxygens (including phenoxy) is 1. The average molecular weight is 321 g/mol. The molecule has 2 unspecified atom stereocenters. The topological polar surface area (TPSA) is 38.3 Å². The van der Waals surface area contributed by atoms with Crippen LogP contribution in [0.4, 0.5) is 5.69 Å². The SMILES string of the molecule is COC(=O)C(C)C(C)Nc1cc(Cl)ccc1Br. The lowest BCUT2D eigenvalue weighted by atomic mass is 10.0. The van der Waals surface area contributed by atoms with Gasteiger partial charge in [0.1, 0.15) is 0 Å². The van der Waals surface area contributed by atoms with Crippen molar-refractivity contribution in [2.45, 2.75) is 19.9 Å². The van der Waals surface area contributed by atoms with Gasteiger partial charge in [-0.05, 0) is 48.0 Å². The smallest absolute Gasteiger partial charge is 0.310 e. The third kappa shape index (κ3) is 3.89. The maximum atomic E-state index is 11.4. The maximum Gasteiger partial charge on any atom is 0.310 e. The van der Waals surface area contributed by atoms with Gasteiger partial charge in [-0.15, -0.1) is 0 Å². The number of nitrogens with one attached hydrogen (secondary N) is 1. The van der Waals surface area contributed by atoms with Crippen molar-refractivity contribution < 1.29 is 9.53 Å². The van der Waals surface area contributed by atoms with Gasteiger partial charge in [0.15, 0.2) is 0 Å². The van der Waals surface area contributed by atoms with E-state index >= 15 is 0 Å². The van der Waals surface area contributed by atoms with Gasteiger partial charge in [0.25, 0.3) is 0 Å². The van der Waals surface area contributed by atoms with Crippen LogP contribution in [-0.4, -0.2) is 19.1 Å². The Balaban J connectivity index is 2.77. The number of benzene rings is 1. The molecule has 0 fully saturated rings. The van der Waals surface area contributed by atoms with Crippen LogP contribution < -0.4 is 5.32 Å². The first-order chi connectivity index (χ1) is 7.95. The molecule has 1 rings (SSSR count). The zero-order valence-corrected chi connectivity index (χ0v) is 12.3. The van der Waals surface area contributed by atoms with Crippen molar-refractivity contribution in [2.75, 3.05) is 12.4 Å². The summed E-state index contributed by atoms with van der Waals surface area (Å²) >= 11 is 9.34. The van der Waals surface area contributed by atoms with Crippen LogP contribution in [-0.2, 0) is 9.53 Å². The molecular formula is C12H15BrClNO2. The average Bonchev–Trinajstić information content (AvgIpc) is 2.31. The third-order valence-electron chi connectivity index (χ3n) is 2.63. The molecule has 0 aliphatic carbocycles. The number of carbonyl (C=O) groups is 1. The Morgan fingerprint density at radius 3 is 2.71 bits per heavy atom. The molecule has 5 heteroatoms. The molecule has 17 heavy (non-hydrogen) atoms. The molecule has 0 bridgehead atoms. The van der Waals surface area contributed by atoms with Gasteiger partial charge in [0.2, 0.25) is 0 Å². The zero-order chi connectivity index (χ0) is 13.0. The van der Waals surface area contributed by atoms with Crippen molar-refractivity contribution >= 4 is 39.2 Å². The van der Waals surface area contributed by atoms with Gasteiger partial charge in [0, 0.05) is 15.5 Å². The fourth-order valence-corrected chi connectivity index (χ4v) is 1.90. The Morgan fingerprint density at radius 2 is 2.12 bits per heavy atom. The predicted octanol–water partition coefficient (Wildman–Crippen LogP) is 3.71. The van der Waals surface area contributed by atoms with Crippen molar-refractivity contribution in [3.63, 3.8) is 0 Å². The highest BCUT2D eigenvalue weighted by atomic mass is 79.9. The van der Waals surface area contributed by atoms with Crippen LogP contribution in [0, 0.1) is 5.92 Å². The van der Waals surface area contributed by atoms with Gasteiger partial charge in [-0.25, -0.2) is 0 Å². The third-order valence-corrected chi connectivity index (χ3v) is 3.56. The molecule has 0 aromatic heterocycles. The molecule has 2 atom stereocenters. The summed E-state index contributed by atoms with van der Waals surface area (Å²) < 4.78 is 5.62. The zero-order valence-electron chi connectivity index (χ0n) is 9.96. The van der Waals surface area contributed by atoms with Gasteiger partial charge < -0.3 is 10.1 Å². The molecule has 0 spiro atoms. The number of anilines is 1. The Hall–Kier alpha value is -0.740. The van der Waals surface area contributed by atoms with Crippen molar-refractivity contribution in [1.29, 1.82) is 0 Å². The fourth-order valence-electron chi connectivity index (χ4n) is 1.37. The summed E-state index contributed by atoms with van der Waals surface area (Å²) in [6.07, 6.45) is 0. The van der Waals surface area contributed by atoms with Crippen molar-refractivity contribution in [3.05, 3.63) is 27.7 Å². The van der Waals surface area contributed by atoms with E-state index in [1.165, 1.54) is 7.11 Å². The van der Waals surface area contributed by atoms with Crippen LogP contribution in [0.25, 0.3) is 0 Å². The molecule has 0 amide bonds. The van der Waals surface area contributed by atoms with E-state index in [2.05, 4.69) is 21.2 Å². The highest BCUT2D eigenvalue weighted by Crippen LogP contribution is 2.27. The van der Waals surface area contributed by atoms with E-state index in [0.717, 1.165) is 10.2 Å². The van der Waals surface area contributed by atoms with E-state index in [1.807, 2.05) is 26.0 Å². The van der Waals surface area contributed by atoms with E-state index in [9.17, 15) is 4.79 Å². The van der Waals surface area contributed by atoms with E-state index in [0.29, 0.717) is 5.02 Å². The van der Waals surface area contributed by atoms with Crippen molar-refractivity contribution in [2.24, 2.45) is 5.92 Å². The lowest BCUT2D eigenvalue weighted by molar-refractivity contribution is -0.145. The van der Waals surface area contributed by atoms with Crippen LogP contribution in [0.3, 0.4) is 0 Å². The summed E-state index contributed by atoms with van der Waals surface area (Å²) in [7, 11) is 1.39. The molecule has 1 aromatic carbocycles. The van der Waals surface area contributed by atoms with Crippen LogP contribution >= 0.6 is 27.5 Å². The highest BCUT2D eigenvalue weighted by Gasteiger charge is 2.21. The summed E-state index contributed by atoms with van der Waals surface area (Å²) in [5.74, 6) is -0.464. The maximum absolute atomic E-state index is 11.4. The molecule has 3 nitrogen and oxygen atoms in total. The molecule has 1 aromatic rings. The summed E-state index contributed by atoms with van der Waals surface area (Å²) in [5.41, 5.74) is 0.862. The lowest BCUT2D eigenvalue weighted by Crippen LogP contribution is -2.30. The molecule has 0 aliphatic heterocycles. The second-order valence-corrected chi connectivity index (χ2v) is 5.16. The summed E-state index contributed by atoms with van der Waals surface area (Å²) in [6, 6.07) is 5.43. The molecule has 0 radical (unpaired) electrons. The second kappa shape index (κ2) is 6.26. The van der Waals surface area contributed by atoms with E-state index in [-0.39, 0.29) is 17.9 Å². The van der Waals surface area contributed by atoms with Crippen molar-refractivity contribution in [3.8, 4) is 0 Å². The first-order valence-corrected chi connectivity index (χ1v) is 6.42. The van der Waals surface area contributed by atoms with Crippen LogP contribution in [0.5, 0.6) is 0 Å². The minimum absolute atomic E-state index is 0.0442. The first-order valence-electron chi connectivity index (χ1n) is 5.25. The van der Waals surface area contributed by atoms with Gasteiger partial charge in [0.05, 0.1) is 18.7 Å². The van der Waals surface area contributed by atoms with Crippen molar-refractivity contribution in [1.82, 2.24) is 0 Å². The summed E-state index contributed by atoms with van der Waals surface area (Å²) in [5, 5.41) is 3.88.